The highest BCUT2D eigenvalue weighted by Crippen LogP contribution is 2.38. The van der Waals surface area contributed by atoms with Crippen molar-refractivity contribution in [2.75, 3.05) is 40.4 Å². The topological polar surface area (TPSA) is 49.9 Å². The minimum atomic E-state index is 0.0178. The van der Waals surface area contributed by atoms with Gasteiger partial charge in [0.2, 0.25) is 11.8 Å². The van der Waals surface area contributed by atoms with E-state index in [1.807, 2.05) is 4.90 Å². The van der Waals surface area contributed by atoms with Crippen LogP contribution in [0, 0.1) is 5.41 Å². The summed E-state index contributed by atoms with van der Waals surface area (Å²) >= 11 is 0. The zero-order valence-electron chi connectivity index (χ0n) is 11.3. The molecule has 0 aliphatic carbocycles. The van der Waals surface area contributed by atoms with Crippen LogP contribution in [0.1, 0.15) is 25.7 Å². The molecule has 18 heavy (non-hydrogen) atoms. The van der Waals surface area contributed by atoms with Crippen LogP contribution in [0.15, 0.2) is 0 Å². The largest absolute Gasteiger partial charge is 0.380 e. The van der Waals surface area contributed by atoms with Gasteiger partial charge in [-0.3, -0.25) is 9.59 Å². The molecule has 2 aliphatic heterocycles. The van der Waals surface area contributed by atoms with Crippen LogP contribution >= 0.6 is 0 Å². The van der Waals surface area contributed by atoms with Gasteiger partial charge in [0.1, 0.15) is 0 Å². The Morgan fingerprint density at radius 1 is 1.17 bits per heavy atom. The van der Waals surface area contributed by atoms with Crippen LogP contribution in [0.3, 0.4) is 0 Å². The number of likely N-dealkylation sites (tertiary alicyclic amines) is 1. The highest BCUT2D eigenvalue weighted by Gasteiger charge is 2.41. The van der Waals surface area contributed by atoms with E-state index >= 15 is 0 Å². The van der Waals surface area contributed by atoms with Crippen LogP contribution in [0.4, 0.5) is 0 Å². The van der Waals surface area contributed by atoms with Crippen molar-refractivity contribution in [3.05, 3.63) is 0 Å². The van der Waals surface area contributed by atoms with Gasteiger partial charge in [0.15, 0.2) is 0 Å². The van der Waals surface area contributed by atoms with Gasteiger partial charge in [-0.2, -0.15) is 0 Å². The van der Waals surface area contributed by atoms with Crippen molar-refractivity contribution in [1.29, 1.82) is 0 Å². The van der Waals surface area contributed by atoms with E-state index in [0.717, 1.165) is 39.1 Å². The van der Waals surface area contributed by atoms with Crippen LogP contribution in [0.2, 0.25) is 0 Å². The Morgan fingerprint density at radius 3 is 2.22 bits per heavy atom. The average Bonchev–Trinajstić information content (AvgIpc) is 2.33. The Morgan fingerprint density at radius 2 is 1.78 bits per heavy atom. The van der Waals surface area contributed by atoms with Crippen molar-refractivity contribution < 1.29 is 14.3 Å². The van der Waals surface area contributed by atoms with Crippen molar-refractivity contribution in [2.24, 2.45) is 5.41 Å². The Kier molecular flexibility index (Phi) is 3.90. The van der Waals surface area contributed by atoms with Gasteiger partial charge in [-0.25, -0.2) is 0 Å². The van der Waals surface area contributed by atoms with Crippen molar-refractivity contribution >= 4 is 11.8 Å². The summed E-state index contributed by atoms with van der Waals surface area (Å²) in [7, 11) is 3.43. The standard InChI is InChI=1S/C13H22N2O3/c1-14(2)11(16)3-4-12(17)15-7-5-13(6-8-15)9-18-10-13/h3-10H2,1-2H3. The molecule has 2 fully saturated rings. The summed E-state index contributed by atoms with van der Waals surface area (Å²) in [5.41, 5.74) is 0.357. The second-order valence-electron chi connectivity index (χ2n) is 5.66. The molecule has 0 aromatic rings. The molecule has 0 atom stereocenters. The number of hydrogen-bond donors (Lipinski definition) is 0. The summed E-state index contributed by atoms with van der Waals surface area (Å²) in [4.78, 5) is 26.8. The molecule has 5 nitrogen and oxygen atoms in total. The maximum atomic E-state index is 12.0. The number of amides is 2. The average molecular weight is 254 g/mol. The number of hydrogen-bond acceptors (Lipinski definition) is 3. The second-order valence-corrected chi connectivity index (χ2v) is 5.66. The Balaban J connectivity index is 1.72. The molecule has 0 unspecified atom stereocenters. The first-order valence-corrected chi connectivity index (χ1v) is 6.58. The van der Waals surface area contributed by atoms with Crippen molar-refractivity contribution in [3.8, 4) is 0 Å². The highest BCUT2D eigenvalue weighted by molar-refractivity contribution is 5.83. The quantitative estimate of drug-likeness (QED) is 0.736. The summed E-state index contributed by atoms with van der Waals surface area (Å²) in [5.74, 6) is 0.129. The van der Waals surface area contributed by atoms with Gasteiger partial charge < -0.3 is 14.5 Å². The van der Waals surface area contributed by atoms with E-state index in [9.17, 15) is 9.59 Å². The van der Waals surface area contributed by atoms with Crippen LogP contribution in [-0.2, 0) is 14.3 Å². The number of carbonyl (C=O) groups is 2. The lowest BCUT2D eigenvalue weighted by molar-refractivity contribution is -0.153. The fraction of sp³-hybridized carbons (Fsp3) is 0.846. The molecule has 5 heteroatoms. The zero-order valence-corrected chi connectivity index (χ0v) is 11.3. The molecule has 2 amide bonds. The Hall–Kier alpha value is -1.10. The normalized spacial score (nSPS) is 21.6. The second kappa shape index (κ2) is 5.26. The smallest absolute Gasteiger partial charge is 0.223 e. The molecule has 0 aromatic carbocycles. The van der Waals surface area contributed by atoms with E-state index in [0.29, 0.717) is 18.3 Å². The Labute approximate surface area is 108 Å². The lowest BCUT2D eigenvalue weighted by Gasteiger charge is -2.47. The summed E-state index contributed by atoms with van der Waals surface area (Å²) in [6.45, 7) is 3.35. The first kappa shape index (κ1) is 13.3. The minimum Gasteiger partial charge on any atom is -0.380 e. The lowest BCUT2D eigenvalue weighted by atomic mass is 9.77. The predicted octanol–water partition coefficient (Wildman–Crippen LogP) is 0.494. The third-order valence-electron chi connectivity index (χ3n) is 4.04. The van der Waals surface area contributed by atoms with Gasteiger partial charge in [-0.15, -0.1) is 0 Å². The van der Waals surface area contributed by atoms with E-state index in [4.69, 9.17) is 4.74 Å². The van der Waals surface area contributed by atoms with Gasteiger partial charge in [0.05, 0.1) is 13.2 Å². The van der Waals surface area contributed by atoms with Crippen LogP contribution in [0.25, 0.3) is 0 Å². The first-order valence-electron chi connectivity index (χ1n) is 6.58. The SMILES string of the molecule is CN(C)C(=O)CCC(=O)N1CCC2(CC1)COC2. The molecule has 0 aromatic heterocycles. The highest BCUT2D eigenvalue weighted by atomic mass is 16.5. The van der Waals surface area contributed by atoms with Crippen molar-refractivity contribution in [3.63, 3.8) is 0 Å². The number of rotatable bonds is 3. The molecule has 0 saturated carbocycles. The summed E-state index contributed by atoms with van der Waals surface area (Å²) in [6.07, 6.45) is 2.73. The van der Waals surface area contributed by atoms with E-state index in [-0.39, 0.29) is 11.8 Å². The molecule has 0 N–H and O–H groups in total. The molecule has 2 rings (SSSR count). The van der Waals surface area contributed by atoms with E-state index in [1.165, 1.54) is 4.90 Å². The molecule has 2 saturated heterocycles. The number of carbonyl (C=O) groups excluding carboxylic acids is 2. The number of ether oxygens (including phenoxy) is 1. The third-order valence-corrected chi connectivity index (χ3v) is 4.04. The molecule has 0 radical (unpaired) electrons. The van der Waals surface area contributed by atoms with E-state index in [1.54, 1.807) is 14.1 Å². The van der Waals surface area contributed by atoms with E-state index < -0.39 is 0 Å². The molecule has 102 valence electrons. The third kappa shape index (κ3) is 2.83. The molecule has 2 heterocycles. The summed E-state index contributed by atoms with van der Waals surface area (Å²) < 4.78 is 5.26. The van der Waals surface area contributed by atoms with Gasteiger partial charge in [-0.1, -0.05) is 0 Å². The van der Waals surface area contributed by atoms with Crippen molar-refractivity contribution in [2.45, 2.75) is 25.7 Å². The van der Waals surface area contributed by atoms with Crippen LogP contribution in [-0.4, -0.2) is 62.0 Å². The molecular weight excluding hydrogens is 232 g/mol. The minimum absolute atomic E-state index is 0.0178. The van der Waals surface area contributed by atoms with E-state index in [2.05, 4.69) is 0 Å². The van der Waals surface area contributed by atoms with Crippen LogP contribution < -0.4 is 0 Å². The summed E-state index contributed by atoms with van der Waals surface area (Å²) in [6, 6.07) is 0. The molecule has 2 aliphatic rings. The number of nitrogens with zero attached hydrogens (tertiary/aromatic N) is 2. The van der Waals surface area contributed by atoms with Gasteiger partial charge >= 0.3 is 0 Å². The fourth-order valence-electron chi connectivity index (χ4n) is 2.51. The Bertz CT molecular complexity index is 327. The molecule has 1 spiro atoms. The maximum absolute atomic E-state index is 12.0. The molecule has 0 bridgehead atoms. The summed E-state index contributed by atoms with van der Waals surface area (Å²) in [5, 5.41) is 0. The molecular formula is C13H22N2O3. The van der Waals surface area contributed by atoms with Crippen molar-refractivity contribution in [1.82, 2.24) is 9.80 Å². The number of piperidine rings is 1. The van der Waals surface area contributed by atoms with Gasteiger partial charge in [0.25, 0.3) is 0 Å². The maximum Gasteiger partial charge on any atom is 0.223 e. The first-order chi connectivity index (χ1) is 8.52. The van der Waals surface area contributed by atoms with Gasteiger partial charge in [-0.05, 0) is 12.8 Å². The predicted molar refractivity (Wildman–Crippen MR) is 67.0 cm³/mol. The van der Waals surface area contributed by atoms with Crippen LogP contribution in [0.5, 0.6) is 0 Å². The lowest BCUT2D eigenvalue weighted by Crippen LogP contribution is -2.52. The fourth-order valence-corrected chi connectivity index (χ4v) is 2.51. The zero-order chi connectivity index (χ0) is 13.2. The monoisotopic (exact) mass is 254 g/mol. The van der Waals surface area contributed by atoms with Gasteiger partial charge in [0, 0.05) is 45.4 Å².